The number of aromatic amines is 1. The number of hydrogen-bond donors (Lipinski definition) is 2. The van der Waals surface area contributed by atoms with Crippen molar-refractivity contribution < 1.29 is 9.53 Å². The highest BCUT2D eigenvalue weighted by molar-refractivity contribution is 6.32. The number of hydrogen-bond acceptors (Lipinski definition) is 4. The fourth-order valence-electron chi connectivity index (χ4n) is 2.84. The minimum absolute atomic E-state index is 0.101. The fourth-order valence-corrected chi connectivity index (χ4v) is 3.09. The first-order valence-corrected chi connectivity index (χ1v) is 7.84. The van der Waals surface area contributed by atoms with E-state index in [0.29, 0.717) is 28.8 Å². The van der Waals surface area contributed by atoms with Crippen LogP contribution in [-0.4, -0.2) is 39.8 Å². The molecule has 0 unspecified atom stereocenters. The number of carbonyl (C=O) groups excluding carboxylic acids is 1. The SMILES string of the molecule is COc1c(Cl)cccc1NC(=O)N1CCCC[C@H]1c1ncn[nH]1. The smallest absolute Gasteiger partial charge is 0.322 e. The highest BCUT2D eigenvalue weighted by atomic mass is 35.5. The van der Waals surface area contributed by atoms with Gasteiger partial charge in [0.15, 0.2) is 5.75 Å². The van der Waals surface area contributed by atoms with Crippen molar-refractivity contribution in [1.82, 2.24) is 20.1 Å². The van der Waals surface area contributed by atoms with Crippen LogP contribution in [0.5, 0.6) is 5.75 Å². The van der Waals surface area contributed by atoms with Gasteiger partial charge in [-0.25, -0.2) is 9.78 Å². The van der Waals surface area contributed by atoms with Crippen LogP contribution in [-0.2, 0) is 0 Å². The van der Waals surface area contributed by atoms with Crippen LogP contribution in [0.15, 0.2) is 24.5 Å². The molecule has 2 N–H and O–H groups in total. The first kappa shape index (κ1) is 15.6. The molecule has 1 aromatic heterocycles. The number of ether oxygens (including phenoxy) is 1. The lowest BCUT2D eigenvalue weighted by Crippen LogP contribution is -2.41. The Hall–Kier alpha value is -2.28. The minimum Gasteiger partial charge on any atom is -0.493 e. The quantitative estimate of drug-likeness (QED) is 0.902. The average Bonchev–Trinajstić information content (AvgIpc) is 3.09. The third-order valence-corrected chi connectivity index (χ3v) is 4.22. The van der Waals surface area contributed by atoms with Gasteiger partial charge in [0.25, 0.3) is 0 Å². The molecule has 23 heavy (non-hydrogen) atoms. The number of aromatic nitrogens is 3. The van der Waals surface area contributed by atoms with Gasteiger partial charge in [0.1, 0.15) is 12.2 Å². The van der Waals surface area contributed by atoms with Crippen molar-refractivity contribution in [1.29, 1.82) is 0 Å². The number of piperidine rings is 1. The molecule has 3 rings (SSSR count). The van der Waals surface area contributed by atoms with Crippen molar-refractivity contribution in [2.45, 2.75) is 25.3 Å². The molecule has 1 aromatic carbocycles. The van der Waals surface area contributed by atoms with Crippen LogP contribution < -0.4 is 10.1 Å². The number of nitrogens with zero attached hydrogens (tertiary/aromatic N) is 3. The number of benzene rings is 1. The van der Waals surface area contributed by atoms with Crippen molar-refractivity contribution in [3.8, 4) is 5.75 Å². The van der Waals surface area contributed by atoms with E-state index in [0.717, 1.165) is 19.3 Å². The van der Waals surface area contributed by atoms with Gasteiger partial charge in [-0.2, -0.15) is 5.10 Å². The average molecular weight is 336 g/mol. The Morgan fingerprint density at radius 3 is 3.09 bits per heavy atom. The number of rotatable bonds is 3. The maximum Gasteiger partial charge on any atom is 0.322 e. The van der Waals surface area contributed by atoms with E-state index >= 15 is 0 Å². The maximum atomic E-state index is 12.7. The molecule has 0 bridgehead atoms. The predicted octanol–water partition coefficient (Wildman–Crippen LogP) is 3.23. The van der Waals surface area contributed by atoms with E-state index in [1.807, 2.05) is 0 Å². The van der Waals surface area contributed by atoms with Gasteiger partial charge in [0.05, 0.1) is 23.9 Å². The molecule has 1 aliphatic rings. The van der Waals surface area contributed by atoms with E-state index in [1.165, 1.54) is 13.4 Å². The second-order valence-corrected chi connectivity index (χ2v) is 5.73. The Morgan fingerprint density at radius 2 is 2.35 bits per heavy atom. The van der Waals surface area contributed by atoms with Gasteiger partial charge in [-0.05, 0) is 31.4 Å². The van der Waals surface area contributed by atoms with Crippen LogP contribution in [0.3, 0.4) is 0 Å². The summed E-state index contributed by atoms with van der Waals surface area (Å²) in [7, 11) is 1.52. The van der Waals surface area contributed by atoms with Crippen molar-refractivity contribution in [2.24, 2.45) is 0 Å². The Labute approximate surface area is 139 Å². The molecule has 0 spiro atoms. The van der Waals surface area contributed by atoms with Gasteiger partial charge in [0, 0.05) is 6.54 Å². The summed E-state index contributed by atoms with van der Waals surface area (Å²) >= 11 is 6.10. The third kappa shape index (κ3) is 3.24. The second kappa shape index (κ2) is 6.87. The Morgan fingerprint density at radius 1 is 1.48 bits per heavy atom. The van der Waals surface area contributed by atoms with Gasteiger partial charge >= 0.3 is 6.03 Å². The molecular formula is C15H18ClN5O2. The van der Waals surface area contributed by atoms with Crippen LogP contribution in [0, 0.1) is 0 Å². The van der Waals surface area contributed by atoms with Gasteiger partial charge in [-0.3, -0.25) is 5.10 Å². The number of methoxy groups -OCH3 is 1. The van der Waals surface area contributed by atoms with E-state index in [4.69, 9.17) is 16.3 Å². The molecular weight excluding hydrogens is 318 g/mol. The monoisotopic (exact) mass is 335 g/mol. The highest BCUT2D eigenvalue weighted by Crippen LogP contribution is 2.34. The Balaban J connectivity index is 1.80. The van der Waals surface area contributed by atoms with Gasteiger partial charge in [-0.15, -0.1) is 0 Å². The largest absolute Gasteiger partial charge is 0.493 e. The van der Waals surface area contributed by atoms with Crippen molar-refractivity contribution in [2.75, 3.05) is 19.0 Å². The van der Waals surface area contributed by atoms with Crippen molar-refractivity contribution in [3.63, 3.8) is 0 Å². The maximum absolute atomic E-state index is 12.7. The number of nitrogens with one attached hydrogen (secondary N) is 2. The third-order valence-electron chi connectivity index (χ3n) is 3.93. The summed E-state index contributed by atoms with van der Waals surface area (Å²) < 4.78 is 5.27. The molecule has 0 aliphatic carbocycles. The molecule has 0 saturated carbocycles. The zero-order valence-electron chi connectivity index (χ0n) is 12.8. The number of likely N-dealkylation sites (tertiary alicyclic amines) is 1. The summed E-state index contributed by atoms with van der Waals surface area (Å²) in [6.07, 6.45) is 4.33. The number of H-pyrrole nitrogens is 1. The normalized spacial score (nSPS) is 17.8. The number of para-hydroxylation sites is 1. The molecule has 8 heteroatoms. The van der Waals surface area contributed by atoms with Crippen LogP contribution in [0.25, 0.3) is 0 Å². The van der Waals surface area contributed by atoms with Gasteiger partial charge in [-0.1, -0.05) is 17.7 Å². The molecule has 2 heterocycles. The van der Waals surface area contributed by atoms with Crippen LogP contribution >= 0.6 is 11.6 Å². The molecule has 122 valence electrons. The van der Waals surface area contributed by atoms with E-state index in [2.05, 4.69) is 20.5 Å². The van der Waals surface area contributed by atoms with Gasteiger partial charge in [0.2, 0.25) is 0 Å². The van der Waals surface area contributed by atoms with E-state index in [-0.39, 0.29) is 12.1 Å². The lowest BCUT2D eigenvalue weighted by molar-refractivity contribution is 0.159. The summed E-state index contributed by atoms with van der Waals surface area (Å²) in [6, 6.07) is 4.94. The van der Waals surface area contributed by atoms with E-state index < -0.39 is 0 Å². The predicted molar refractivity (Wildman–Crippen MR) is 86.7 cm³/mol. The summed E-state index contributed by atoms with van der Waals surface area (Å²) in [5.74, 6) is 1.16. The molecule has 0 radical (unpaired) electrons. The molecule has 2 aromatic rings. The molecule has 1 fully saturated rings. The zero-order valence-corrected chi connectivity index (χ0v) is 13.5. The Kier molecular flexibility index (Phi) is 4.66. The highest BCUT2D eigenvalue weighted by Gasteiger charge is 2.30. The minimum atomic E-state index is -0.202. The van der Waals surface area contributed by atoms with Crippen LogP contribution in [0.2, 0.25) is 5.02 Å². The number of carbonyl (C=O) groups is 1. The molecule has 1 saturated heterocycles. The number of halogens is 1. The molecule has 1 atom stereocenters. The summed E-state index contributed by atoms with van der Waals surface area (Å²) in [4.78, 5) is 18.7. The number of urea groups is 1. The summed E-state index contributed by atoms with van der Waals surface area (Å²) in [5.41, 5.74) is 0.548. The number of anilines is 1. The molecule has 2 amide bonds. The van der Waals surface area contributed by atoms with Crippen molar-refractivity contribution >= 4 is 23.3 Å². The summed E-state index contributed by atoms with van der Waals surface area (Å²) in [6.45, 7) is 0.667. The van der Waals surface area contributed by atoms with Crippen molar-refractivity contribution in [3.05, 3.63) is 35.4 Å². The first-order valence-electron chi connectivity index (χ1n) is 7.46. The standard InChI is InChI=1S/C15H18ClN5O2/c1-23-13-10(16)5-4-6-11(13)19-15(22)21-8-3-2-7-12(21)14-17-9-18-20-14/h4-6,9,12H,2-3,7-8H2,1H3,(H,19,22)(H,17,18,20)/t12-/m0/s1. The zero-order chi connectivity index (χ0) is 16.2. The summed E-state index contributed by atoms with van der Waals surface area (Å²) in [5, 5.41) is 10.1. The van der Waals surface area contributed by atoms with Crippen LogP contribution in [0.4, 0.5) is 10.5 Å². The fraction of sp³-hybridized carbons (Fsp3) is 0.400. The topological polar surface area (TPSA) is 83.1 Å². The molecule has 7 nitrogen and oxygen atoms in total. The lowest BCUT2D eigenvalue weighted by atomic mass is 10.0. The first-order chi connectivity index (χ1) is 11.2. The molecule has 1 aliphatic heterocycles. The van der Waals surface area contributed by atoms with E-state index in [9.17, 15) is 4.79 Å². The van der Waals surface area contributed by atoms with E-state index in [1.54, 1.807) is 23.1 Å². The number of amides is 2. The second-order valence-electron chi connectivity index (χ2n) is 5.33. The Bertz CT molecular complexity index is 677. The van der Waals surface area contributed by atoms with Gasteiger partial charge < -0.3 is 15.0 Å². The van der Waals surface area contributed by atoms with Crippen LogP contribution in [0.1, 0.15) is 31.1 Å². The lowest BCUT2D eigenvalue weighted by Gasteiger charge is -2.34.